The van der Waals surface area contributed by atoms with Gasteiger partial charge in [-0.3, -0.25) is 9.59 Å². The van der Waals surface area contributed by atoms with E-state index in [0.29, 0.717) is 11.3 Å². The SMILES string of the molecule is CC(C)Oc1ccccc1CNC(=O)C(=O)Nc1cccc(C(F)(F)F)c1. The van der Waals surface area contributed by atoms with Crippen LogP contribution < -0.4 is 15.4 Å². The summed E-state index contributed by atoms with van der Waals surface area (Å²) < 4.78 is 43.7. The monoisotopic (exact) mass is 380 g/mol. The predicted octanol–water partition coefficient (Wildman–Crippen LogP) is 3.75. The summed E-state index contributed by atoms with van der Waals surface area (Å²) in [5.41, 5.74) is -0.361. The number of hydrogen-bond donors (Lipinski definition) is 2. The number of carbonyl (C=O) groups is 2. The predicted molar refractivity (Wildman–Crippen MR) is 94.1 cm³/mol. The van der Waals surface area contributed by atoms with Crippen LogP contribution in [0, 0.1) is 0 Å². The Balaban J connectivity index is 1.98. The highest BCUT2D eigenvalue weighted by atomic mass is 19.4. The molecule has 5 nitrogen and oxygen atoms in total. The molecule has 0 aliphatic heterocycles. The number of para-hydroxylation sites is 1. The van der Waals surface area contributed by atoms with Crippen LogP contribution in [0.4, 0.5) is 18.9 Å². The molecule has 0 aliphatic rings. The second-order valence-electron chi connectivity index (χ2n) is 5.99. The van der Waals surface area contributed by atoms with Crippen molar-refractivity contribution in [1.82, 2.24) is 5.32 Å². The molecular weight excluding hydrogens is 361 g/mol. The van der Waals surface area contributed by atoms with Crippen LogP contribution in [-0.2, 0) is 22.3 Å². The van der Waals surface area contributed by atoms with Crippen LogP contribution in [-0.4, -0.2) is 17.9 Å². The molecule has 2 aromatic carbocycles. The molecule has 0 aromatic heterocycles. The third-order valence-electron chi connectivity index (χ3n) is 3.43. The van der Waals surface area contributed by atoms with Crippen LogP contribution in [0.1, 0.15) is 25.0 Å². The van der Waals surface area contributed by atoms with Crippen molar-refractivity contribution in [1.29, 1.82) is 0 Å². The highest BCUT2D eigenvalue weighted by Gasteiger charge is 2.30. The molecule has 0 atom stereocenters. The van der Waals surface area contributed by atoms with E-state index in [9.17, 15) is 22.8 Å². The number of ether oxygens (including phenoxy) is 1. The van der Waals surface area contributed by atoms with Crippen LogP contribution in [0.3, 0.4) is 0 Å². The Morgan fingerprint density at radius 1 is 1.04 bits per heavy atom. The van der Waals surface area contributed by atoms with Gasteiger partial charge < -0.3 is 15.4 Å². The third-order valence-corrected chi connectivity index (χ3v) is 3.43. The summed E-state index contributed by atoms with van der Waals surface area (Å²) in [7, 11) is 0. The Morgan fingerprint density at radius 3 is 2.41 bits per heavy atom. The van der Waals surface area contributed by atoms with Gasteiger partial charge in [-0.2, -0.15) is 13.2 Å². The van der Waals surface area contributed by atoms with Gasteiger partial charge in [-0.05, 0) is 38.1 Å². The molecule has 0 bridgehead atoms. The van der Waals surface area contributed by atoms with Gasteiger partial charge in [-0.25, -0.2) is 0 Å². The van der Waals surface area contributed by atoms with Gasteiger partial charge in [0.25, 0.3) is 0 Å². The van der Waals surface area contributed by atoms with Crippen LogP contribution in [0.15, 0.2) is 48.5 Å². The molecule has 0 unspecified atom stereocenters. The molecule has 8 heteroatoms. The van der Waals surface area contributed by atoms with Crippen LogP contribution >= 0.6 is 0 Å². The number of anilines is 1. The normalized spacial score (nSPS) is 11.2. The van der Waals surface area contributed by atoms with Crippen molar-refractivity contribution in [3.8, 4) is 5.75 Å². The smallest absolute Gasteiger partial charge is 0.416 e. The first kappa shape index (κ1) is 20.3. The largest absolute Gasteiger partial charge is 0.491 e. The van der Waals surface area contributed by atoms with Gasteiger partial charge in [0.15, 0.2) is 0 Å². The van der Waals surface area contributed by atoms with Crippen molar-refractivity contribution in [2.75, 3.05) is 5.32 Å². The second kappa shape index (κ2) is 8.57. The molecule has 0 heterocycles. The average Bonchev–Trinajstić information content (AvgIpc) is 2.59. The molecule has 0 saturated carbocycles. The van der Waals surface area contributed by atoms with Gasteiger partial charge in [-0.1, -0.05) is 24.3 Å². The lowest BCUT2D eigenvalue weighted by Gasteiger charge is -2.14. The summed E-state index contributed by atoms with van der Waals surface area (Å²) >= 11 is 0. The minimum absolute atomic E-state index is 0.0394. The highest BCUT2D eigenvalue weighted by molar-refractivity contribution is 6.39. The van der Waals surface area contributed by atoms with Gasteiger partial charge in [-0.15, -0.1) is 0 Å². The molecule has 0 saturated heterocycles. The number of rotatable bonds is 5. The van der Waals surface area contributed by atoms with E-state index in [2.05, 4.69) is 10.6 Å². The number of halogens is 3. The Hall–Kier alpha value is -3.03. The van der Waals surface area contributed by atoms with E-state index in [4.69, 9.17) is 4.74 Å². The topological polar surface area (TPSA) is 67.4 Å². The van der Waals surface area contributed by atoms with Crippen molar-refractivity contribution in [3.05, 3.63) is 59.7 Å². The quantitative estimate of drug-likeness (QED) is 0.777. The lowest BCUT2D eigenvalue weighted by molar-refractivity contribution is -0.137. The molecular formula is C19H19F3N2O3. The summed E-state index contributed by atoms with van der Waals surface area (Å²) in [6.07, 6.45) is -4.60. The van der Waals surface area contributed by atoms with E-state index in [1.807, 2.05) is 13.8 Å². The first-order chi connectivity index (χ1) is 12.7. The minimum atomic E-state index is -4.54. The fourth-order valence-corrected chi connectivity index (χ4v) is 2.24. The fraction of sp³-hybridized carbons (Fsp3) is 0.263. The zero-order valence-electron chi connectivity index (χ0n) is 14.8. The first-order valence-corrected chi connectivity index (χ1v) is 8.18. The maximum absolute atomic E-state index is 12.7. The lowest BCUT2D eigenvalue weighted by Crippen LogP contribution is -2.35. The van der Waals surface area contributed by atoms with Crippen molar-refractivity contribution < 1.29 is 27.5 Å². The molecule has 2 rings (SSSR count). The zero-order valence-corrected chi connectivity index (χ0v) is 14.8. The molecule has 0 aliphatic carbocycles. The summed E-state index contributed by atoms with van der Waals surface area (Å²) in [5.74, 6) is -1.45. The molecule has 2 amide bonds. The van der Waals surface area contributed by atoms with Gasteiger partial charge in [0, 0.05) is 17.8 Å². The van der Waals surface area contributed by atoms with Crippen LogP contribution in [0.25, 0.3) is 0 Å². The number of alkyl halides is 3. The minimum Gasteiger partial charge on any atom is -0.491 e. The summed E-state index contributed by atoms with van der Waals surface area (Å²) in [4.78, 5) is 23.9. The number of carbonyl (C=O) groups excluding carboxylic acids is 2. The fourth-order valence-electron chi connectivity index (χ4n) is 2.24. The molecule has 144 valence electrons. The number of nitrogens with one attached hydrogen (secondary N) is 2. The Morgan fingerprint density at radius 2 is 1.74 bits per heavy atom. The van der Waals surface area contributed by atoms with E-state index in [1.165, 1.54) is 6.07 Å². The van der Waals surface area contributed by atoms with Gasteiger partial charge in [0.1, 0.15) is 5.75 Å². The Kier molecular flexibility index (Phi) is 6.44. The van der Waals surface area contributed by atoms with Gasteiger partial charge in [0.05, 0.1) is 11.7 Å². The Bertz CT molecular complexity index is 820. The molecule has 0 radical (unpaired) electrons. The van der Waals surface area contributed by atoms with Gasteiger partial charge in [0.2, 0.25) is 0 Å². The van der Waals surface area contributed by atoms with Crippen molar-refractivity contribution in [2.24, 2.45) is 0 Å². The molecule has 0 fully saturated rings. The lowest BCUT2D eigenvalue weighted by atomic mass is 10.2. The number of benzene rings is 2. The van der Waals surface area contributed by atoms with E-state index in [-0.39, 0.29) is 18.3 Å². The van der Waals surface area contributed by atoms with E-state index >= 15 is 0 Å². The van der Waals surface area contributed by atoms with Crippen LogP contribution in [0.2, 0.25) is 0 Å². The van der Waals surface area contributed by atoms with Crippen molar-refractivity contribution >= 4 is 17.5 Å². The maximum Gasteiger partial charge on any atom is 0.416 e. The number of amides is 2. The maximum atomic E-state index is 12.7. The van der Waals surface area contributed by atoms with Crippen LogP contribution in [0.5, 0.6) is 5.75 Å². The van der Waals surface area contributed by atoms with Crippen molar-refractivity contribution in [3.63, 3.8) is 0 Å². The van der Waals surface area contributed by atoms with E-state index in [0.717, 1.165) is 18.2 Å². The Labute approximate surface area is 154 Å². The number of hydrogen-bond acceptors (Lipinski definition) is 3. The summed E-state index contributed by atoms with van der Waals surface area (Å²) in [6.45, 7) is 3.76. The first-order valence-electron chi connectivity index (χ1n) is 8.18. The van der Waals surface area contributed by atoms with Crippen molar-refractivity contribution in [2.45, 2.75) is 32.7 Å². The van der Waals surface area contributed by atoms with E-state index < -0.39 is 23.6 Å². The molecule has 0 spiro atoms. The average molecular weight is 380 g/mol. The second-order valence-corrected chi connectivity index (χ2v) is 5.99. The standard InChI is InChI=1S/C19H19F3N2O3/c1-12(2)27-16-9-4-3-6-13(16)11-23-17(25)18(26)24-15-8-5-7-14(10-15)19(20,21)22/h3-10,12H,11H2,1-2H3,(H,23,25)(H,24,26). The summed E-state index contributed by atoms with van der Waals surface area (Å²) in [6, 6.07) is 11.1. The van der Waals surface area contributed by atoms with Gasteiger partial charge >= 0.3 is 18.0 Å². The third kappa shape index (κ3) is 6.02. The zero-order chi connectivity index (χ0) is 20.0. The molecule has 27 heavy (non-hydrogen) atoms. The molecule has 2 aromatic rings. The highest BCUT2D eigenvalue weighted by Crippen LogP contribution is 2.30. The summed E-state index contributed by atoms with van der Waals surface area (Å²) in [5, 5.41) is 4.58. The van der Waals surface area contributed by atoms with E-state index in [1.54, 1.807) is 24.3 Å². The molecule has 2 N–H and O–H groups in total.